The molecule has 0 atom stereocenters. The van der Waals surface area contributed by atoms with E-state index in [-0.39, 0.29) is 31.5 Å². The van der Waals surface area contributed by atoms with Crippen molar-refractivity contribution in [1.29, 1.82) is 0 Å². The maximum atomic E-state index is 12.2. The standard InChI is InChI=1S/C8H11F3O/c1-2-6(12)5-7(3-4-7)8(9,10)11/h2-5H2,1H3. The van der Waals surface area contributed by atoms with E-state index in [4.69, 9.17) is 0 Å². The maximum absolute atomic E-state index is 12.2. The Labute approximate surface area is 68.9 Å². The van der Waals surface area contributed by atoms with Gasteiger partial charge in [0.25, 0.3) is 0 Å². The lowest BCUT2D eigenvalue weighted by molar-refractivity contribution is -0.190. The Morgan fingerprint density at radius 1 is 1.42 bits per heavy atom. The molecule has 0 aromatic rings. The molecular weight excluding hydrogens is 169 g/mol. The van der Waals surface area contributed by atoms with Crippen molar-refractivity contribution in [2.45, 2.75) is 38.8 Å². The largest absolute Gasteiger partial charge is 0.394 e. The molecule has 0 aliphatic heterocycles. The Bertz CT molecular complexity index is 191. The van der Waals surface area contributed by atoms with Gasteiger partial charge in [-0.25, -0.2) is 0 Å². The summed E-state index contributed by atoms with van der Waals surface area (Å²) in [4.78, 5) is 10.8. The summed E-state index contributed by atoms with van der Waals surface area (Å²) in [6.45, 7) is 1.59. The van der Waals surface area contributed by atoms with Gasteiger partial charge in [0.15, 0.2) is 0 Å². The van der Waals surface area contributed by atoms with Gasteiger partial charge in [-0.3, -0.25) is 4.79 Å². The van der Waals surface area contributed by atoms with Crippen LogP contribution in [0.15, 0.2) is 0 Å². The molecule has 0 unspecified atom stereocenters. The van der Waals surface area contributed by atoms with E-state index in [2.05, 4.69) is 0 Å². The van der Waals surface area contributed by atoms with Crippen LogP contribution in [0.4, 0.5) is 13.2 Å². The molecule has 0 saturated heterocycles. The van der Waals surface area contributed by atoms with E-state index in [0.717, 1.165) is 0 Å². The lowest BCUT2D eigenvalue weighted by Crippen LogP contribution is -2.26. The number of carbonyl (C=O) groups is 1. The minimum Gasteiger partial charge on any atom is -0.300 e. The number of halogens is 3. The van der Waals surface area contributed by atoms with Crippen LogP contribution in [0.1, 0.15) is 32.6 Å². The van der Waals surface area contributed by atoms with E-state index in [0.29, 0.717) is 0 Å². The summed E-state index contributed by atoms with van der Waals surface area (Å²) in [6, 6.07) is 0. The summed E-state index contributed by atoms with van der Waals surface area (Å²) < 4.78 is 36.7. The highest BCUT2D eigenvalue weighted by Gasteiger charge is 2.63. The van der Waals surface area contributed by atoms with Crippen molar-refractivity contribution in [3.8, 4) is 0 Å². The molecule has 70 valence electrons. The minimum atomic E-state index is -4.18. The first-order valence-corrected chi connectivity index (χ1v) is 4.00. The number of ketones is 1. The Balaban J connectivity index is 2.56. The van der Waals surface area contributed by atoms with Gasteiger partial charge in [0.1, 0.15) is 5.78 Å². The van der Waals surface area contributed by atoms with Crippen molar-refractivity contribution < 1.29 is 18.0 Å². The van der Waals surface area contributed by atoms with Gasteiger partial charge in [-0.2, -0.15) is 13.2 Å². The third-order valence-electron chi connectivity index (χ3n) is 2.38. The zero-order valence-corrected chi connectivity index (χ0v) is 6.87. The maximum Gasteiger partial charge on any atom is 0.394 e. The highest BCUT2D eigenvalue weighted by atomic mass is 19.4. The fraction of sp³-hybridized carbons (Fsp3) is 0.875. The first-order chi connectivity index (χ1) is 5.41. The fourth-order valence-electron chi connectivity index (χ4n) is 1.21. The molecule has 1 fully saturated rings. The van der Waals surface area contributed by atoms with Gasteiger partial charge in [-0.1, -0.05) is 6.92 Å². The van der Waals surface area contributed by atoms with E-state index in [1.54, 1.807) is 6.92 Å². The van der Waals surface area contributed by atoms with Crippen LogP contribution in [0.25, 0.3) is 0 Å². The SMILES string of the molecule is CCC(=O)CC1(C(F)(F)F)CC1. The second-order valence-corrected chi connectivity index (χ2v) is 3.35. The van der Waals surface area contributed by atoms with Crippen molar-refractivity contribution >= 4 is 5.78 Å². The molecule has 12 heavy (non-hydrogen) atoms. The summed E-state index contributed by atoms with van der Waals surface area (Å²) >= 11 is 0. The lowest BCUT2D eigenvalue weighted by Gasteiger charge is -2.17. The molecule has 1 aliphatic rings. The van der Waals surface area contributed by atoms with E-state index in [9.17, 15) is 18.0 Å². The van der Waals surface area contributed by atoms with Crippen molar-refractivity contribution in [3.05, 3.63) is 0 Å². The molecular formula is C8H11F3O. The zero-order valence-electron chi connectivity index (χ0n) is 6.87. The summed E-state index contributed by atoms with van der Waals surface area (Å²) in [7, 11) is 0. The molecule has 0 radical (unpaired) electrons. The van der Waals surface area contributed by atoms with Crippen molar-refractivity contribution in [1.82, 2.24) is 0 Å². The second kappa shape index (κ2) is 2.75. The van der Waals surface area contributed by atoms with Crippen LogP contribution in [0.3, 0.4) is 0 Å². The Morgan fingerprint density at radius 2 is 1.92 bits per heavy atom. The Kier molecular flexibility index (Phi) is 2.19. The zero-order chi connectivity index (χ0) is 9.41. The van der Waals surface area contributed by atoms with Crippen LogP contribution in [0.2, 0.25) is 0 Å². The normalized spacial score (nSPS) is 20.7. The molecule has 0 heterocycles. The summed E-state index contributed by atoms with van der Waals surface area (Å²) in [5, 5.41) is 0. The topological polar surface area (TPSA) is 17.1 Å². The average molecular weight is 180 g/mol. The monoisotopic (exact) mass is 180 g/mol. The fourth-order valence-corrected chi connectivity index (χ4v) is 1.21. The Hall–Kier alpha value is -0.540. The molecule has 0 aromatic carbocycles. The van der Waals surface area contributed by atoms with Gasteiger partial charge >= 0.3 is 6.18 Å². The van der Waals surface area contributed by atoms with Gasteiger partial charge in [0.2, 0.25) is 0 Å². The lowest BCUT2D eigenvalue weighted by atomic mass is 9.98. The molecule has 0 amide bonds. The Morgan fingerprint density at radius 3 is 2.17 bits per heavy atom. The van der Waals surface area contributed by atoms with Gasteiger partial charge in [0, 0.05) is 12.8 Å². The number of rotatable bonds is 3. The first kappa shape index (κ1) is 9.55. The number of alkyl halides is 3. The third-order valence-corrected chi connectivity index (χ3v) is 2.38. The van der Waals surface area contributed by atoms with Gasteiger partial charge in [-0.05, 0) is 12.8 Å². The molecule has 0 spiro atoms. The quantitative estimate of drug-likeness (QED) is 0.652. The third kappa shape index (κ3) is 1.62. The van der Waals surface area contributed by atoms with Crippen LogP contribution < -0.4 is 0 Å². The molecule has 1 saturated carbocycles. The molecule has 0 N–H and O–H groups in total. The molecule has 1 nitrogen and oxygen atoms in total. The molecule has 4 heteroatoms. The van der Waals surface area contributed by atoms with E-state index < -0.39 is 11.6 Å². The van der Waals surface area contributed by atoms with Gasteiger partial charge in [0.05, 0.1) is 5.41 Å². The van der Waals surface area contributed by atoms with E-state index in [1.165, 1.54) is 0 Å². The predicted octanol–water partition coefficient (Wildman–Crippen LogP) is 2.70. The van der Waals surface area contributed by atoms with Crippen LogP contribution in [-0.4, -0.2) is 12.0 Å². The molecule has 0 bridgehead atoms. The number of hydrogen-bond donors (Lipinski definition) is 0. The van der Waals surface area contributed by atoms with Crippen LogP contribution in [-0.2, 0) is 4.79 Å². The number of hydrogen-bond acceptors (Lipinski definition) is 1. The summed E-state index contributed by atoms with van der Waals surface area (Å²) in [6.07, 6.45) is -4.03. The van der Waals surface area contributed by atoms with E-state index >= 15 is 0 Å². The highest BCUT2D eigenvalue weighted by molar-refractivity contribution is 5.79. The van der Waals surface area contributed by atoms with Crippen LogP contribution in [0, 0.1) is 5.41 Å². The molecule has 0 aromatic heterocycles. The minimum absolute atomic E-state index is 0.127. The number of carbonyl (C=O) groups excluding carboxylic acids is 1. The van der Waals surface area contributed by atoms with E-state index in [1.807, 2.05) is 0 Å². The van der Waals surface area contributed by atoms with Crippen molar-refractivity contribution in [2.24, 2.45) is 5.41 Å². The second-order valence-electron chi connectivity index (χ2n) is 3.35. The average Bonchev–Trinajstić information content (AvgIpc) is 2.67. The van der Waals surface area contributed by atoms with Crippen LogP contribution in [0.5, 0.6) is 0 Å². The van der Waals surface area contributed by atoms with Crippen LogP contribution >= 0.6 is 0 Å². The predicted molar refractivity (Wildman–Crippen MR) is 37.6 cm³/mol. The van der Waals surface area contributed by atoms with Crippen molar-refractivity contribution in [3.63, 3.8) is 0 Å². The van der Waals surface area contributed by atoms with Gasteiger partial charge < -0.3 is 0 Å². The first-order valence-electron chi connectivity index (χ1n) is 4.00. The van der Waals surface area contributed by atoms with Crippen molar-refractivity contribution in [2.75, 3.05) is 0 Å². The summed E-state index contributed by atoms with van der Waals surface area (Å²) in [5.74, 6) is -0.287. The smallest absolute Gasteiger partial charge is 0.300 e. The summed E-state index contributed by atoms with van der Waals surface area (Å²) in [5.41, 5.74) is -1.64. The highest BCUT2D eigenvalue weighted by Crippen LogP contribution is 2.60. The molecule has 1 rings (SSSR count). The number of Topliss-reactive ketones (excluding diaryl/α,β-unsaturated/α-hetero) is 1. The molecule has 1 aliphatic carbocycles. The van der Waals surface area contributed by atoms with Gasteiger partial charge in [-0.15, -0.1) is 0 Å².